The summed E-state index contributed by atoms with van der Waals surface area (Å²) in [6, 6.07) is 7.07. The second-order valence-electron chi connectivity index (χ2n) is 5.00. The van der Waals surface area contributed by atoms with Crippen molar-refractivity contribution in [2.75, 3.05) is 11.4 Å². The predicted octanol–water partition coefficient (Wildman–Crippen LogP) is 0.393. The minimum Gasteiger partial charge on any atom is -0.477 e. The number of nitrogens with zero attached hydrogens (tertiary/aromatic N) is 1. The number of amides is 2. The fourth-order valence-corrected chi connectivity index (χ4v) is 2.10. The van der Waals surface area contributed by atoms with Gasteiger partial charge in [-0.05, 0) is 25.5 Å². The lowest BCUT2D eigenvalue weighted by Crippen LogP contribution is -2.49. The number of para-hydroxylation sites is 2. The molecule has 0 aliphatic carbocycles. The molecule has 2 rings (SSSR count). The van der Waals surface area contributed by atoms with Crippen LogP contribution in [0.2, 0.25) is 0 Å². The highest BCUT2D eigenvalue weighted by molar-refractivity contribution is 5.97. The number of hydrogen-bond donors (Lipinski definition) is 2. The number of anilines is 1. The van der Waals surface area contributed by atoms with Gasteiger partial charge in [0.2, 0.25) is 5.91 Å². The van der Waals surface area contributed by atoms with E-state index < -0.39 is 12.0 Å². The van der Waals surface area contributed by atoms with Gasteiger partial charge in [0.05, 0.1) is 12.2 Å². The van der Waals surface area contributed by atoms with Gasteiger partial charge in [-0.15, -0.1) is 0 Å². The van der Waals surface area contributed by atoms with Crippen LogP contribution in [-0.2, 0) is 9.59 Å². The number of carbonyl (C=O) groups is 2. The van der Waals surface area contributed by atoms with Gasteiger partial charge in [0.1, 0.15) is 5.75 Å². The summed E-state index contributed by atoms with van der Waals surface area (Å²) < 4.78 is 5.51. The van der Waals surface area contributed by atoms with Crippen molar-refractivity contribution in [1.29, 1.82) is 0 Å². The zero-order valence-electron chi connectivity index (χ0n) is 11.4. The average Bonchev–Trinajstić information content (AvgIpc) is 2.43. The van der Waals surface area contributed by atoms with Gasteiger partial charge in [0.15, 0.2) is 6.10 Å². The van der Waals surface area contributed by atoms with Crippen LogP contribution in [0.4, 0.5) is 5.69 Å². The molecule has 6 heteroatoms. The first-order chi connectivity index (χ1) is 9.49. The predicted molar refractivity (Wildman–Crippen MR) is 75.3 cm³/mol. The van der Waals surface area contributed by atoms with Gasteiger partial charge in [0, 0.05) is 12.5 Å². The Labute approximate surface area is 117 Å². The van der Waals surface area contributed by atoms with Crippen LogP contribution in [0.25, 0.3) is 0 Å². The zero-order chi connectivity index (χ0) is 14.7. The summed E-state index contributed by atoms with van der Waals surface area (Å²) in [5.74, 6) is -0.162. The number of rotatable bonds is 4. The van der Waals surface area contributed by atoms with Gasteiger partial charge in [-0.25, -0.2) is 0 Å². The molecule has 0 bridgehead atoms. The zero-order valence-corrected chi connectivity index (χ0v) is 11.4. The van der Waals surface area contributed by atoms with E-state index in [1.54, 1.807) is 23.1 Å². The fraction of sp³-hybridized carbons (Fsp3) is 0.429. The van der Waals surface area contributed by atoms with Crippen molar-refractivity contribution in [3.8, 4) is 5.75 Å². The SMILES string of the molecule is CC(N)CCC(=O)N1CC(C(N)=O)Oc2ccccc21. The Hall–Kier alpha value is -2.08. The van der Waals surface area contributed by atoms with E-state index in [0.717, 1.165) is 0 Å². The largest absolute Gasteiger partial charge is 0.477 e. The maximum Gasteiger partial charge on any atom is 0.260 e. The summed E-state index contributed by atoms with van der Waals surface area (Å²) in [5.41, 5.74) is 11.6. The second-order valence-corrected chi connectivity index (χ2v) is 5.00. The van der Waals surface area contributed by atoms with Crippen LogP contribution in [0.15, 0.2) is 24.3 Å². The molecule has 0 saturated heterocycles. The first-order valence-corrected chi connectivity index (χ1v) is 6.60. The van der Waals surface area contributed by atoms with Gasteiger partial charge >= 0.3 is 0 Å². The molecule has 2 unspecified atom stereocenters. The van der Waals surface area contributed by atoms with Crippen molar-refractivity contribution < 1.29 is 14.3 Å². The summed E-state index contributed by atoms with van der Waals surface area (Å²) in [4.78, 5) is 25.2. The Morgan fingerprint density at radius 2 is 2.15 bits per heavy atom. The molecule has 0 aromatic heterocycles. The van der Waals surface area contributed by atoms with E-state index >= 15 is 0 Å². The lowest BCUT2D eigenvalue weighted by molar-refractivity contribution is -0.125. The van der Waals surface area contributed by atoms with Crippen molar-refractivity contribution in [3.05, 3.63) is 24.3 Å². The number of hydrogen-bond acceptors (Lipinski definition) is 4. The third-order valence-electron chi connectivity index (χ3n) is 3.21. The molecule has 1 heterocycles. The summed E-state index contributed by atoms with van der Waals surface area (Å²) in [6.45, 7) is 2.00. The molecule has 1 aliphatic rings. The van der Waals surface area contributed by atoms with E-state index in [2.05, 4.69) is 0 Å². The first kappa shape index (κ1) is 14.3. The van der Waals surface area contributed by atoms with Crippen LogP contribution in [-0.4, -0.2) is 30.5 Å². The topological polar surface area (TPSA) is 98.7 Å². The Balaban J connectivity index is 2.22. The minimum absolute atomic E-state index is 0.0397. The first-order valence-electron chi connectivity index (χ1n) is 6.60. The van der Waals surface area contributed by atoms with E-state index in [9.17, 15) is 9.59 Å². The summed E-state index contributed by atoms with van der Waals surface area (Å²) in [6.07, 6.45) is 0.112. The van der Waals surface area contributed by atoms with Crippen LogP contribution in [0.3, 0.4) is 0 Å². The standard InChI is InChI=1S/C14H19N3O3/c1-9(15)6-7-13(18)17-8-12(14(16)19)20-11-5-3-2-4-10(11)17/h2-5,9,12H,6-8,15H2,1H3,(H2,16,19). The molecule has 1 aromatic rings. The summed E-state index contributed by atoms with van der Waals surface area (Å²) in [7, 11) is 0. The van der Waals surface area contributed by atoms with Crippen molar-refractivity contribution in [1.82, 2.24) is 0 Å². The number of carbonyl (C=O) groups excluding carboxylic acids is 2. The van der Waals surface area contributed by atoms with Crippen molar-refractivity contribution in [2.45, 2.75) is 31.9 Å². The van der Waals surface area contributed by atoms with Crippen LogP contribution < -0.4 is 21.1 Å². The molecule has 4 N–H and O–H groups in total. The van der Waals surface area contributed by atoms with Gasteiger partial charge in [-0.3, -0.25) is 9.59 Å². The maximum absolute atomic E-state index is 12.3. The monoisotopic (exact) mass is 277 g/mol. The Morgan fingerprint density at radius 3 is 2.80 bits per heavy atom. The Morgan fingerprint density at radius 1 is 1.45 bits per heavy atom. The molecule has 2 atom stereocenters. The number of nitrogens with two attached hydrogens (primary N) is 2. The summed E-state index contributed by atoms with van der Waals surface area (Å²) in [5, 5.41) is 0. The third kappa shape index (κ3) is 3.08. The number of ether oxygens (including phenoxy) is 1. The Kier molecular flexibility index (Phi) is 4.24. The quantitative estimate of drug-likeness (QED) is 0.831. The minimum atomic E-state index is -0.816. The Bertz CT molecular complexity index is 516. The van der Waals surface area contributed by atoms with E-state index in [1.165, 1.54) is 0 Å². The molecule has 1 aliphatic heterocycles. The van der Waals surface area contributed by atoms with Crippen molar-refractivity contribution in [3.63, 3.8) is 0 Å². The molecule has 20 heavy (non-hydrogen) atoms. The smallest absolute Gasteiger partial charge is 0.260 e. The molecule has 6 nitrogen and oxygen atoms in total. The van der Waals surface area contributed by atoms with E-state index in [4.69, 9.17) is 16.2 Å². The van der Waals surface area contributed by atoms with E-state index in [-0.39, 0.29) is 18.5 Å². The molecule has 0 radical (unpaired) electrons. The summed E-state index contributed by atoms with van der Waals surface area (Å²) >= 11 is 0. The lowest BCUT2D eigenvalue weighted by atomic mass is 10.1. The van der Waals surface area contributed by atoms with Gasteiger partial charge in [0.25, 0.3) is 5.91 Å². The highest BCUT2D eigenvalue weighted by Gasteiger charge is 2.32. The van der Waals surface area contributed by atoms with Crippen LogP contribution in [0.1, 0.15) is 19.8 Å². The van der Waals surface area contributed by atoms with Crippen molar-refractivity contribution in [2.24, 2.45) is 11.5 Å². The fourth-order valence-electron chi connectivity index (χ4n) is 2.10. The number of fused-ring (bicyclic) bond motifs is 1. The highest BCUT2D eigenvalue weighted by atomic mass is 16.5. The number of benzene rings is 1. The number of primary amides is 1. The van der Waals surface area contributed by atoms with E-state index in [0.29, 0.717) is 24.3 Å². The highest BCUT2D eigenvalue weighted by Crippen LogP contribution is 2.33. The molecule has 0 spiro atoms. The van der Waals surface area contributed by atoms with Gasteiger partial charge in [-0.2, -0.15) is 0 Å². The van der Waals surface area contributed by atoms with E-state index in [1.807, 2.05) is 13.0 Å². The lowest BCUT2D eigenvalue weighted by Gasteiger charge is -2.33. The van der Waals surface area contributed by atoms with Crippen LogP contribution in [0.5, 0.6) is 5.75 Å². The van der Waals surface area contributed by atoms with Gasteiger partial charge < -0.3 is 21.1 Å². The average molecular weight is 277 g/mol. The third-order valence-corrected chi connectivity index (χ3v) is 3.21. The molecule has 2 amide bonds. The molecule has 0 saturated carbocycles. The normalized spacial score (nSPS) is 18.9. The molecule has 1 aromatic carbocycles. The van der Waals surface area contributed by atoms with Crippen molar-refractivity contribution >= 4 is 17.5 Å². The van der Waals surface area contributed by atoms with Crippen LogP contribution in [0, 0.1) is 0 Å². The second kappa shape index (κ2) is 5.92. The molecular formula is C14H19N3O3. The molecule has 108 valence electrons. The molecular weight excluding hydrogens is 258 g/mol. The maximum atomic E-state index is 12.3. The van der Waals surface area contributed by atoms with Gasteiger partial charge in [-0.1, -0.05) is 12.1 Å². The van der Waals surface area contributed by atoms with Crippen LogP contribution >= 0.6 is 0 Å². The molecule has 0 fully saturated rings.